The van der Waals surface area contributed by atoms with Crippen molar-refractivity contribution < 1.29 is 15.0 Å². The highest BCUT2D eigenvalue weighted by molar-refractivity contribution is 6.42. The van der Waals surface area contributed by atoms with Gasteiger partial charge in [-0.3, -0.25) is 4.79 Å². The number of benzene rings is 1. The molecule has 0 saturated carbocycles. The van der Waals surface area contributed by atoms with Crippen molar-refractivity contribution in [3.8, 4) is 5.75 Å². The summed E-state index contributed by atoms with van der Waals surface area (Å²) in [5.74, 6) is -0.264. The predicted octanol–water partition coefficient (Wildman–Crippen LogP) is 1.33. The lowest BCUT2D eigenvalue weighted by Crippen LogP contribution is -2.40. The Morgan fingerprint density at radius 3 is 2.80 bits per heavy atom. The summed E-state index contributed by atoms with van der Waals surface area (Å²) in [7, 11) is 0. The molecule has 0 spiro atoms. The number of hydrogen-bond donors (Lipinski definition) is 3. The molecule has 4 N–H and O–H groups in total. The first-order valence-electron chi connectivity index (χ1n) is 6.25. The number of hydrogen-bond acceptors (Lipinski definition) is 4. The first-order valence-corrected chi connectivity index (χ1v) is 7.00. The van der Waals surface area contributed by atoms with E-state index >= 15 is 0 Å². The molecule has 1 aromatic carbocycles. The number of nitrogens with zero attached hydrogens (tertiary/aromatic N) is 1. The average molecular weight is 319 g/mol. The number of halogens is 2. The summed E-state index contributed by atoms with van der Waals surface area (Å²) in [6.07, 6.45) is 0.242. The maximum atomic E-state index is 11.9. The lowest BCUT2D eigenvalue weighted by atomic mass is 9.97. The van der Waals surface area contributed by atoms with Crippen LogP contribution in [0.25, 0.3) is 0 Å². The van der Waals surface area contributed by atoms with Crippen LogP contribution in [-0.2, 0) is 4.79 Å². The Kier molecular flexibility index (Phi) is 4.75. The minimum atomic E-state index is -0.471. The van der Waals surface area contributed by atoms with Crippen LogP contribution in [-0.4, -0.2) is 46.8 Å². The monoisotopic (exact) mass is 318 g/mol. The quantitative estimate of drug-likeness (QED) is 0.781. The Balaban J connectivity index is 2.20. The van der Waals surface area contributed by atoms with Crippen molar-refractivity contribution in [1.82, 2.24) is 4.90 Å². The lowest BCUT2D eigenvalue weighted by Gasteiger charge is -2.20. The van der Waals surface area contributed by atoms with Crippen molar-refractivity contribution in [1.29, 1.82) is 0 Å². The fraction of sp³-hybridized carbons (Fsp3) is 0.462. The Morgan fingerprint density at radius 1 is 1.45 bits per heavy atom. The molecule has 1 fully saturated rings. The van der Waals surface area contributed by atoms with Gasteiger partial charge in [-0.25, -0.2) is 0 Å². The van der Waals surface area contributed by atoms with Gasteiger partial charge in [-0.1, -0.05) is 23.2 Å². The van der Waals surface area contributed by atoms with Crippen LogP contribution in [0.1, 0.15) is 17.9 Å². The van der Waals surface area contributed by atoms with E-state index in [2.05, 4.69) is 0 Å². The van der Waals surface area contributed by atoms with Gasteiger partial charge in [0.25, 0.3) is 0 Å². The molecule has 1 aliphatic rings. The molecule has 0 aromatic heterocycles. The smallest absolute Gasteiger partial charge is 0.223 e. The van der Waals surface area contributed by atoms with Crippen LogP contribution in [0.3, 0.4) is 0 Å². The van der Waals surface area contributed by atoms with Gasteiger partial charge in [-0.15, -0.1) is 0 Å². The van der Waals surface area contributed by atoms with Gasteiger partial charge in [0.1, 0.15) is 5.75 Å². The minimum absolute atomic E-state index is 0.0329. The summed E-state index contributed by atoms with van der Waals surface area (Å²) >= 11 is 12.1. The Hall–Kier alpha value is -1.01. The molecule has 20 heavy (non-hydrogen) atoms. The zero-order valence-electron chi connectivity index (χ0n) is 10.7. The van der Waals surface area contributed by atoms with Gasteiger partial charge in [-0.05, 0) is 12.1 Å². The number of nitrogens with two attached hydrogens (primary N) is 1. The predicted molar refractivity (Wildman–Crippen MR) is 77.1 cm³/mol. The van der Waals surface area contributed by atoms with E-state index < -0.39 is 6.04 Å². The molecular formula is C13H16Cl2N2O3. The second-order valence-corrected chi connectivity index (χ2v) is 5.72. The second-order valence-electron chi connectivity index (χ2n) is 4.94. The van der Waals surface area contributed by atoms with Gasteiger partial charge in [0.05, 0.1) is 16.7 Å². The molecule has 1 aliphatic heterocycles. The molecule has 1 saturated heterocycles. The second kappa shape index (κ2) is 6.18. The van der Waals surface area contributed by atoms with E-state index in [-0.39, 0.29) is 42.2 Å². The van der Waals surface area contributed by atoms with Crippen LogP contribution in [0.4, 0.5) is 0 Å². The number of aromatic hydroxyl groups is 1. The fourth-order valence-electron chi connectivity index (χ4n) is 2.43. The van der Waals surface area contributed by atoms with Gasteiger partial charge in [0, 0.05) is 37.0 Å². The Morgan fingerprint density at radius 2 is 2.15 bits per heavy atom. The van der Waals surface area contributed by atoms with E-state index in [0.717, 1.165) is 0 Å². The summed E-state index contributed by atoms with van der Waals surface area (Å²) in [5, 5.41) is 19.5. The van der Waals surface area contributed by atoms with Crippen molar-refractivity contribution in [2.45, 2.75) is 18.4 Å². The summed E-state index contributed by atoms with van der Waals surface area (Å²) < 4.78 is 0. The molecule has 0 aliphatic carbocycles. The topological polar surface area (TPSA) is 86.8 Å². The number of carbonyl (C=O) groups is 1. The van der Waals surface area contributed by atoms with Crippen molar-refractivity contribution in [2.24, 2.45) is 5.73 Å². The summed E-state index contributed by atoms with van der Waals surface area (Å²) in [5.41, 5.74) is 6.14. The molecule has 0 unspecified atom stereocenters. The van der Waals surface area contributed by atoms with Crippen LogP contribution in [0.15, 0.2) is 12.1 Å². The highest BCUT2D eigenvalue weighted by Gasteiger charge is 2.34. The standard InChI is InChI=1S/C13H16Cl2N2O3/c14-9-1-2-10(19)12(13(9)15)7-3-11(20)17(4-7)5-8(16)6-18/h1-2,7-8,18-19H,3-6,16H2/t7-,8-/m1/s1. The highest BCUT2D eigenvalue weighted by atomic mass is 35.5. The van der Waals surface area contributed by atoms with Crippen LogP contribution >= 0.6 is 23.2 Å². The Labute approximate surface area is 126 Å². The van der Waals surface area contributed by atoms with Gasteiger partial charge in [0.15, 0.2) is 0 Å². The van der Waals surface area contributed by atoms with Crippen LogP contribution in [0.2, 0.25) is 10.0 Å². The van der Waals surface area contributed by atoms with Gasteiger partial charge in [-0.2, -0.15) is 0 Å². The van der Waals surface area contributed by atoms with E-state index in [1.54, 1.807) is 4.90 Å². The Bertz CT molecular complexity index is 525. The highest BCUT2D eigenvalue weighted by Crippen LogP contribution is 2.41. The summed E-state index contributed by atoms with van der Waals surface area (Å²) in [4.78, 5) is 13.5. The fourth-order valence-corrected chi connectivity index (χ4v) is 2.91. The molecule has 1 heterocycles. The minimum Gasteiger partial charge on any atom is -0.508 e. The molecule has 0 radical (unpaired) electrons. The third-order valence-corrected chi connectivity index (χ3v) is 4.24. The van der Waals surface area contributed by atoms with Gasteiger partial charge >= 0.3 is 0 Å². The maximum absolute atomic E-state index is 11.9. The molecule has 110 valence electrons. The molecule has 7 heteroatoms. The van der Waals surface area contributed by atoms with E-state index in [4.69, 9.17) is 34.0 Å². The zero-order chi connectivity index (χ0) is 14.9. The number of carbonyl (C=O) groups excluding carboxylic acids is 1. The van der Waals surface area contributed by atoms with E-state index in [1.807, 2.05) is 0 Å². The van der Waals surface area contributed by atoms with Crippen LogP contribution < -0.4 is 5.73 Å². The largest absolute Gasteiger partial charge is 0.508 e. The molecule has 2 atom stereocenters. The number of phenols is 1. The van der Waals surface area contributed by atoms with Gasteiger partial charge < -0.3 is 20.8 Å². The number of amides is 1. The molecule has 1 amide bonds. The third-order valence-electron chi connectivity index (χ3n) is 3.42. The molecule has 2 rings (SSSR count). The van der Waals surface area contributed by atoms with Crippen LogP contribution in [0, 0.1) is 0 Å². The number of rotatable bonds is 4. The number of aliphatic hydroxyl groups is 1. The normalized spacial score (nSPS) is 20.5. The van der Waals surface area contributed by atoms with Crippen molar-refractivity contribution in [3.05, 3.63) is 27.7 Å². The van der Waals surface area contributed by atoms with Crippen molar-refractivity contribution in [2.75, 3.05) is 19.7 Å². The molecular weight excluding hydrogens is 303 g/mol. The number of aliphatic hydroxyl groups excluding tert-OH is 1. The molecule has 5 nitrogen and oxygen atoms in total. The lowest BCUT2D eigenvalue weighted by molar-refractivity contribution is -0.128. The zero-order valence-corrected chi connectivity index (χ0v) is 12.2. The molecule has 1 aromatic rings. The first kappa shape index (κ1) is 15.4. The van der Waals surface area contributed by atoms with E-state index in [9.17, 15) is 9.90 Å². The summed E-state index contributed by atoms with van der Waals surface area (Å²) in [6.45, 7) is 0.503. The van der Waals surface area contributed by atoms with Gasteiger partial charge in [0.2, 0.25) is 5.91 Å². The van der Waals surface area contributed by atoms with Crippen molar-refractivity contribution in [3.63, 3.8) is 0 Å². The van der Waals surface area contributed by atoms with Crippen molar-refractivity contribution >= 4 is 29.1 Å². The number of phenolic OH excluding ortho intramolecular Hbond substituents is 1. The SMILES string of the molecule is N[C@@H](CO)CN1C[C@H](c2c(O)ccc(Cl)c2Cl)CC1=O. The third kappa shape index (κ3) is 3.01. The van der Waals surface area contributed by atoms with Crippen LogP contribution in [0.5, 0.6) is 5.75 Å². The first-order chi connectivity index (χ1) is 9.43. The van der Waals surface area contributed by atoms with E-state index in [1.165, 1.54) is 12.1 Å². The maximum Gasteiger partial charge on any atom is 0.223 e. The molecule has 0 bridgehead atoms. The summed E-state index contributed by atoms with van der Waals surface area (Å²) in [6, 6.07) is 2.51. The average Bonchev–Trinajstić information content (AvgIpc) is 2.75. The number of likely N-dealkylation sites (tertiary alicyclic amines) is 1. The van der Waals surface area contributed by atoms with E-state index in [0.29, 0.717) is 17.1 Å².